The molecule has 1 N–H and O–H groups in total. The van der Waals surface area contributed by atoms with Crippen molar-refractivity contribution in [1.29, 1.82) is 0 Å². The van der Waals surface area contributed by atoms with Gasteiger partial charge in [-0.05, 0) is 18.8 Å². The van der Waals surface area contributed by atoms with Gasteiger partial charge in [-0.3, -0.25) is 0 Å². The van der Waals surface area contributed by atoms with Gasteiger partial charge in [0.25, 0.3) is 0 Å². The van der Waals surface area contributed by atoms with Crippen LogP contribution in [-0.4, -0.2) is 40.3 Å². The van der Waals surface area contributed by atoms with Crippen LogP contribution in [-0.2, 0) is 13.1 Å². The van der Waals surface area contributed by atoms with Crippen LogP contribution in [0.1, 0.15) is 25.1 Å². The van der Waals surface area contributed by atoms with E-state index in [1.807, 2.05) is 0 Å². The molecule has 1 heterocycles. The highest BCUT2D eigenvalue weighted by molar-refractivity contribution is 5.73. The molecular weight excluding hydrogens is 285 g/mol. The molecule has 0 aliphatic heterocycles. The van der Waals surface area contributed by atoms with Crippen molar-refractivity contribution in [3.05, 3.63) is 18.2 Å². The zero-order valence-corrected chi connectivity index (χ0v) is 11.9. The number of hydrogen-bond donors (Lipinski definition) is 1. The van der Waals surface area contributed by atoms with Gasteiger partial charge >= 0.3 is 12.2 Å². The van der Waals surface area contributed by atoms with Crippen molar-refractivity contribution >= 4 is 6.03 Å². The highest BCUT2D eigenvalue weighted by Crippen LogP contribution is 2.26. The zero-order chi connectivity index (χ0) is 15.5. The molecule has 8 heteroatoms. The molecule has 0 atom stereocenters. The molecule has 1 aromatic heterocycles. The largest absolute Gasteiger partial charge is 0.406 e. The monoisotopic (exact) mass is 304 g/mol. The van der Waals surface area contributed by atoms with Crippen molar-refractivity contribution < 1.29 is 18.0 Å². The van der Waals surface area contributed by atoms with Crippen LogP contribution in [0.25, 0.3) is 0 Å². The Labute approximate surface area is 121 Å². The van der Waals surface area contributed by atoms with Crippen LogP contribution in [0.5, 0.6) is 0 Å². The maximum atomic E-state index is 12.4. The summed E-state index contributed by atoms with van der Waals surface area (Å²) in [4.78, 5) is 17.3. The zero-order valence-electron chi connectivity index (χ0n) is 11.9. The number of carbonyl (C=O) groups excluding carboxylic acids is 1. The summed E-state index contributed by atoms with van der Waals surface area (Å²) in [6.07, 6.45) is 1.72. The van der Waals surface area contributed by atoms with Gasteiger partial charge in [0.05, 0.1) is 6.54 Å². The van der Waals surface area contributed by atoms with Crippen molar-refractivity contribution in [2.45, 2.75) is 38.5 Å². The first-order chi connectivity index (χ1) is 9.85. The molecule has 5 nitrogen and oxygen atoms in total. The van der Waals surface area contributed by atoms with E-state index in [0.717, 1.165) is 17.4 Å². The number of amides is 2. The lowest BCUT2D eigenvalue weighted by molar-refractivity contribution is -0.141. The molecule has 1 saturated carbocycles. The lowest BCUT2D eigenvalue weighted by Gasteiger charge is -2.30. The Morgan fingerprint density at radius 2 is 2.24 bits per heavy atom. The van der Waals surface area contributed by atoms with Crippen LogP contribution in [0, 0.1) is 5.92 Å². The third-order valence-corrected chi connectivity index (χ3v) is 3.65. The second-order valence-electron chi connectivity index (χ2n) is 5.42. The Morgan fingerprint density at radius 3 is 2.81 bits per heavy atom. The summed E-state index contributed by atoms with van der Waals surface area (Å²) < 4.78 is 38.1. The van der Waals surface area contributed by atoms with Gasteiger partial charge < -0.3 is 14.8 Å². The van der Waals surface area contributed by atoms with Crippen molar-refractivity contribution in [1.82, 2.24) is 19.8 Å². The van der Waals surface area contributed by atoms with Gasteiger partial charge in [0.15, 0.2) is 0 Å². The highest BCUT2D eigenvalue weighted by atomic mass is 19.4. The maximum absolute atomic E-state index is 12.4. The van der Waals surface area contributed by atoms with Crippen LogP contribution < -0.4 is 5.32 Å². The summed E-state index contributed by atoms with van der Waals surface area (Å²) in [5.41, 5.74) is 0. The number of imidazole rings is 1. The SMILES string of the molecule is CN(CC1CCC1)C(=O)NCc1nccn1CC(F)(F)F. The van der Waals surface area contributed by atoms with Crippen LogP contribution in [0.15, 0.2) is 12.4 Å². The molecule has 1 aliphatic carbocycles. The van der Waals surface area contributed by atoms with E-state index in [-0.39, 0.29) is 18.4 Å². The average molecular weight is 304 g/mol. The van der Waals surface area contributed by atoms with E-state index in [1.54, 1.807) is 11.9 Å². The number of nitrogens with one attached hydrogen (secondary N) is 1. The number of hydrogen-bond acceptors (Lipinski definition) is 2. The summed E-state index contributed by atoms with van der Waals surface area (Å²) in [5.74, 6) is 0.741. The predicted molar refractivity (Wildman–Crippen MR) is 70.5 cm³/mol. The molecule has 1 aliphatic rings. The van der Waals surface area contributed by atoms with Gasteiger partial charge in [0, 0.05) is 26.0 Å². The van der Waals surface area contributed by atoms with E-state index in [9.17, 15) is 18.0 Å². The fourth-order valence-electron chi connectivity index (χ4n) is 2.28. The van der Waals surface area contributed by atoms with Crippen molar-refractivity contribution in [3.63, 3.8) is 0 Å². The minimum absolute atomic E-state index is 0.0169. The van der Waals surface area contributed by atoms with E-state index in [0.29, 0.717) is 12.5 Å². The third-order valence-electron chi connectivity index (χ3n) is 3.65. The lowest BCUT2D eigenvalue weighted by atomic mass is 9.85. The van der Waals surface area contributed by atoms with E-state index in [1.165, 1.54) is 18.8 Å². The molecule has 21 heavy (non-hydrogen) atoms. The maximum Gasteiger partial charge on any atom is 0.406 e. The Balaban J connectivity index is 1.82. The topological polar surface area (TPSA) is 50.2 Å². The Kier molecular flexibility index (Phi) is 4.74. The van der Waals surface area contributed by atoms with Crippen LogP contribution >= 0.6 is 0 Å². The Bertz CT molecular complexity index is 482. The summed E-state index contributed by atoms with van der Waals surface area (Å²) in [6.45, 7) is -0.435. The molecule has 1 aromatic rings. The first-order valence-corrected chi connectivity index (χ1v) is 6.91. The summed E-state index contributed by atoms with van der Waals surface area (Å²) in [7, 11) is 1.69. The van der Waals surface area contributed by atoms with E-state index < -0.39 is 12.7 Å². The molecule has 0 unspecified atom stereocenters. The Morgan fingerprint density at radius 1 is 1.52 bits per heavy atom. The minimum Gasteiger partial charge on any atom is -0.331 e. The fourth-order valence-corrected chi connectivity index (χ4v) is 2.28. The van der Waals surface area contributed by atoms with Gasteiger partial charge in [-0.1, -0.05) is 6.42 Å². The highest BCUT2D eigenvalue weighted by Gasteiger charge is 2.29. The lowest BCUT2D eigenvalue weighted by Crippen LogP contribution is -2.41. The molecule has 0 aromatic carbocycles. The number of aromatic nitrogens is 2. The summed E-state index contributed by atoms with van der Waals surface area (Å²) in [5, 5.41) is 2.60. The molecule has 1 fully saturated rings. The van der Waals surface area contributed by atoms with Gasteiger partial charge in [-0.25, -0.2) is 9.78 Å². The van der Waals surface area contributed by atoms with E-state index in [4.69, 9.17) is 0 Å². The number of halogens is 3. The fraction of sp³-hybridized carbons (Fsp3) is 0.692. The first kappa shape index (κ1) is 15.7. The van der Waals surface area contributed by atoms with Gasteiger partial charge in [0.1, 0.15) is 12.4 Å². The van der Waals surface area contributed by atoms with Gasteiger partial charge in [-0.2, -0.15) is 13.2 Å². The van der Waals surface area contributed by atoms with Gasteiger partial charge in [0.2, 0.25) is 0 Å². The summed E-state index contributed by atoms with van der Waals surface area (Å²) >= 11 is 0. The van der Waals surface area contributed by atoms with E-state index in [2.05, 4.69) is 10.3 Å². The Hall–Kier alpha value is -1.73. The standard InChI is InChI=1S/C13H19F3N4O/c1-19(8-10-3-2-4-10)12(21)18-7-11-17-5-6-20(11)9-13(14,15)16/h5-6,10H,2-4,7-9H2,1H3,(H,18,21). The average Bonchev–Trinajstić information content (AvgIpc) is 2.75. The molecule has 0 saturated heterocycles. The minimum atomic E-state index is -4.31. The third kappa shape index (κ3) is 4.64. The first-order valence-electron chi connectivity index (χ1n) is 6.91. The number of carbonyl (C=O) groups is 1. The number of nitrogens with zero attached hydrogens (tertiary/aromatic N) is 3. The molecule has 0 bridgehead atoms. The number of alkyl halides is 3. The van der Waals surface area contributed by atoms with Crippen molar-refractivity contribution in [2.24, 2.45) is 5.92 Å². The van der Waals surface area contributed by atoms with Crippen LogP contribution in [0.3, 0.4) is 0 Å². The summed E-state index contributed by atoms with van der Waals surface area (Å²) in [6, 6.07) is -0.288. The predicted octanol–water partition coefficient (Wildman–Crippen LogP) is 2.39. The van der Waals surface area contributed by atoms with Crippen molar-refractivity contribution in [3.8, 4) is 0 Å². The second kappa shape index (κ2) is 6.36. The molecule has 118 valence electrons. The molecular formula is C13H19F3N4O. The molecule has 0 spiro atoms. The normalized spacial score (nSPS) is 15.6. The number of urea groups is 1. The quantitative estimate of drug-likeness (QED) is 0.908. The second-order valence-corrected chi connectivity index (χ2v) is 5.42. The van der Waals surface area contributed by atoms with Gasteiger partial charge in [-0.15, -0.1) is 0 Å². The molecule has 2 amide bonds. The smallest absolute Gasteiger partial charge is 0.331 e. The van der Waals surface area contributed by atoms with Crippen LogP contribution in [0.4, 0.5) is 18.0 Å². The van der Waals surface area contributed by atoms with Crippen molar-refractivity contribution in [2.75, 3.05) is 13.6 Å². The molecule has 2 rings (SSSR count). The van der Waals surface area contributed by atoms with Crippen LogP contribution in [0.2, 0.25) is 0 Å². The number of rotatable bonds is 5. The van der Waals surface area contributed by atoms with E-state index >= 15 is 0 Å². The molecule has 0 radical (unpaired) electrons.